The summed E-state index contributed by atoms with van der Waals surface area (Å²) in [6.45, 7) is 6.70. The van der Waals surface area contributed by atoms with E-state index in [1.807, 2.05) is 13.1 Å². The Labute approximate surface area is 180 Å². The third kappa shape index (κ3) is 5.92. The van der Waals surface area contributed by atoms with Crippen LogP contribution in [0.1, 0.15) is 43.0 Å². The van der Waals surface area contributed by atoms with Crippen molar-refractivity contribution in [3.8, 4) is 0 Å². The molecule has 1 aliphatic rings. The number of pyridine rings is 1. The van der Waals surface area contributed by atoms with Gasteiger partial charge in [0.1, 0.15) is 0 Å². The van der Waals surface area contributed by atoms with Gasteiger partial charge < -0.3 is 10.6 Å². The van der Waals surface area contributed by atoms with Crippen molar-refractivity contribution < 1.29 is 0 Å². The van der Waals surface area contributed by atoms with Crippen molar-refractivity contribution in [1.82, 2.24) is 15.6 Å². The minimum atomic E-state index is 0. The molecular formula is C22H31IN4. The fourth-order valence-electron chi connectivity index (χ4n) is 3.48. The van der Waals surface area contributed by atoms with E-state index in [0.717, 1.165) is 37.7 Å². The molecule has 0 bridgehead atoms. The van der Waals surface area contributed by atoms with E-state index in [4.69, 9.17) is 4.99 Å². The Bertz CT molecular complexity index is 709. The van der Waals surface area contributed by atoms with E-state index in [1.54, 1.807) is 0 Å². The van der Waals surface area contributed by atoms with Crippen molar-refractivity contribution in [2.75, 3.05) is 19.6 Å². The van der Waals surface area contributed by atoms with Crippen molar-refractivity contribution in [3.05, 3.63) is 65.5 Å². The van der Waals surface area contributed by atoms with Crippen LogP contribution in [0.5, 0.6) is 0 Å². The Morgan fingerprint density at radius 1 is 1.11 bits per heavy atom. The normalized spacial score (nSPS) is 15.4. The zero-order valence-electron chi connectivity index (χ0n) is 16.4. The molecule has 0 radical (unpaired) electrons. The first-order valence-corrected chi connectivity index (χ1v) is 9.71. The molecular weight excluding hydrogens is 447 g/mol. The van der Waals surface area contributed by atoms with Crippen molar-refractivity contribution in [1.29, 1.82) is 0 Å². The summed E-state index contributed by atoms with van der Waals surface area (Å²) in [5.41, 5.74) is 3.96. The topological polar surface area (TPSA) is 49.3 Å². The highest BCUT2D eigenvalue weighted by molar-refractivity contribution is 14.0. The van der Waals surface area contributed by atoms with Crippen LogP contribution in [0.2, 0.25) is 0 Å². The number of hydrogen-bond donors (Lipinski definition) is 2. The minimum Gasteiger partial charge on any atom is -0.357 e. The van der Waals surface area contributed by atoms with Gasteiger partial charge in [0.05, 0.1) is 6.54 Å². The summed E-state index contributed by atoms with van der Waals surface area (Å²) >= 11 is 0. The van der Waals surface area contributed by atoms with E-state index < -0.39 is 0 Å². The number of halogens is 1. The van der Waals surface area contributed by atoms with Crippen LogP contribution in [0, 0.1) is 6.92 Å². The molecule has 1 aliphatic carbocycles. The summed E-state index contributed by atoms with van der Waals surface area (Å²) in [4.78, 5) is 9.27. The molecule has 4 nitrogen and oxygen atoms in total. The summed E-state index contributed by atoms with van der Waals surface area (Å²) in [6.07, 6.45) is 6.67. The highest BCUT2D eigenvalue weighted by atomic mass is 127. The van der Waals surface area contributed by atoms with Gasteiger partial charge in [-0.05, 0) is 50.3 Å². The highest BCUT2D eigenvalue weighted by Gasteiger charge is 2.38. The Morgan fingerprint density at radius 3 is 2.48 bits per heavy atom. The molecule has 0 unspecified atom stereocenters. The van der Waals surface area contributed by atoms with Gasteiger partial charge in [0.2, 0.25) is 0 Å². The third-order valence-electron chi connectivity index (χ3n) is 5.26. The highest BCUT2D eigenvalue weighted by Crippen LogP contribution is 2.43. The van der Waals surface area contributed by atoms with Gasteiger partial charge in [0.15, 0.2) is 5.96 Å². The van der Waals surface area contributed by atoms with Gasteiger partial charge in [-0.25, -0.2) is 0 Å². The van der Waals surface area contributed by atoms with Crippen molar-refractivity contribution in [3.63, 3.8) is 0 Å². The summed E-state index contributed by atoms with van der Waals surface area (Å²) in [5.74, 6) is 0.912. The number of benzene rings is 1. The number of nitrogens with zero attached hydrogens (tertiary/aromatic N) is 2. The molecule has 1 fully saturated rings. The lowest BCUT2D eigenvalue weighted by Gasteiger charge is -2.41. The van der Waals surface area contributed by atoms with Crippen LogP contribution in [0.25, 0.3) is 0 Å². The standard InChI is InChI=1S/C22H30N4.HI/c1-3-23-21(24-15-12-19-11-10-18(2)25-16-19)26-17-22(13-7-14-22)20-8-5-4-6-9-20;/h4-6,8-11,16H,3,7,12-15,17H2,1-2H3,(H2,23,24,26);1H. The molecule has 2 aromatic rings. The van der Waals surface area contributed by atoms with E-state index in [2.05, 4.69) is 65.0 Å². The van der Waals surface area contributed by atoms with Gasteiger partial charge in [-0.15, -0.1) is 24.0 Å². The lowest BCUT2D eigenvalue weighted by Crippen LogP contribution is -2.42. The fraction of sp³-hybridized carbons (Fsp3) is 0.455. The van der Waals surface area contributed by atoms with Gasteiger partial charge in [0.25, 0.3) is 0 Å². The van der Waals surface area contributed by atoms with Crippen molar-refractivity contribution in [2.45, 2.75) is 44.9 Å². The molecule has 1 aromatic carbocycles. The number of aliphatic imine (C=N–C) groups is 1. The molecule has 0 aliphatic heterocycles. The van der Waals surface area contributed by atoms with Crippen LogP contribution in [-0.4, -0.2) is 30.6 Å². The second-order valence-electron chi connectivity index (χ2n) is 7.18. The largest absolute Gasteiger partial charge is 0.357 e. The molecule has 5 heteroatoms. The van der Waals surface area contributed by atoms with Crippen LogP contribution in [0.15, 0.2) is 53.7 Å². The third-order valence-corrected chi connectivity index (χ3v) is 5.26. The number of nitrogens with one attached hydrogen (secondary N) is 2. The average molecular weight is 478 g/mol. The van der Waals surface area contributed by atoms with E-state index in [-0.39, 0.29) is 29.4 Å². The van der Waals surface area contributed by atoms with E-state index in [9.17, 15) is 0 Å². The number of guanidine groups is 1. The molecule has 2 N–H and O–H groups in total. The number of rotatable bonds is 7. The Kier molecular flexibility index (Phi) is 8.54. The molecule has 0 spiro atoms. The quantitative estimate of drug-likeness (QED) is 0.356. The monoisotopic (exact) mass is 478 g/mol. The molecule has 3 rings (SSSR count). The van der Waals surface area contributed by atoms with Gasteiger partial charge in [0, 0.05) is 30.4 Å². The molecule has 0 saturated heterocycles. The molecule has 146 valence electrons. The zero-order chi connectivity index (χ0) is 18.2. The summed E-state index contributed by atoms with van der Waals surface area (Å²) in [7, 11) is 0. The van der Waals surface area contributed by atoms with E-state index in [1.165, 1.54) is 30.4 Å². The Balaban J connectivity index is 0.00000261. The SMILES string of the molecule is CCNC(=NCC1(c2ccccc2)CCC1)NCCc1ccc(C)nc1.I. The average Bonchev–Trinajstić information content (AvgIpc) is 2.63. The first-order valence-electron chi connectivity index (χ1n) is 9.71. The Hall–Kier alpha value is -1.63. The van der Waals surface area contributed by atoms with Crippen LogP contribution in [0.4, 0.5) is 0 Å². The minimum absolute atomic E-state index is 0. The van der Waals surface area contributed by atoms with E-state index >= 15 is 0 Å². The first kappa shape index (κ1) is 21.7. The fourth-order valence-corrected chi connectivity index (χ4v) is 3.48. The molecule has 0 amide bonds. The van der Waals surface area contributed by atoms with Gasteiger partial charge in [-0.2, -0.15) is 0 Å². The van der Waals surface area contributed by atoms with Gasteiger partial charge >= 0.3 is 0 Å². The molecule has 1 saturated carbocycles. The molecule has 0 atom stereocenters. The maximum Gasteiger partial charge on any atom is 0.191 e. The summed E-state index contributed by atoms with van der Waals surface area (Å²) < 4.78 is 0. The van der Waals surface area contributed by atoms with Crippen LogP contribution >= 0.6 is 24.0 Å². The maximum absolute atomic E-state index is 4.91. The van der Waals surface area contributed by atoms with Crippen LogP contribution in [0.3, 0.4) is 0 Å². The second kappa shape index (κ2) is 10.6. The maximum atomic E-state index is 4.91. The lowest BCUT2D eigenvalue weighted by atomic mass is 9.64. The lowest BCUT2D eigenvalue weighted by molar-refractivity contribution is 0.253. The first-order chi connectivity index (χ1) is 12.7. The number of aryl methyl sites for hydroxylation is 1. The summed E-state index contributed by atoms with van der Waals surface area (Å²) in [6, 6.07) is 15.1. The van der Waals surface area contributed by atoms with Gasteiger partial charge in [-0.3, -0.25) is 9.98 Å². The van der Waals surface area contributed by atoms with Crippen LogP contribution in [-0.2, 0) is 11.8 Å². The molecule has 1 aromatic heterocycles. The second-order valence-corrected chi connectivity index (χ2v) is 7.18. The molecule has 1 heterocycles. The van der Waals surface area contributed by atoms with Crippen molar-refractivity contribution in [2.24, 2.45) is 4.99 Å². The molecule has 27 heavy (non-hydrogen) atoms. The van der Waals surface area contributed by atoms with Crippen LogP contribution < -0.4 is 10.6 Å². The summed E-state index contributed by atoms with van der Waals surface area (Å²) in [5, 5.41) is 6.84. The number of hydrogen-bond acceptors (Lipinski definition) is 2. The van der Waals surface area contributed by atoms with E-state index in [0.29, 0.717) is 0 Å². The number of aromatic nitrogens is 1. The Morgan fingerprint density at radius 2 is 1.89 bits per heavy atom. The van der Waals surface area contributed by atoms with Gasteiger partial charge in [-0.1, -0.05) is 42.8 Å². The zero-order valence-corrected chi connectivity index (χ0v) is 18.7. The predicted molar refractivity (Wildman–Crippen MR) is 124 cm³/mol. The van der Waals surface area contributed by atoms with Crippen molar-refractivity contribution >= 4 is 29.9 Å². The smallest absolute Gasteiger partial charge is 0.191 e. The predicted octanol–water partition coefficient (Wildman–Crippen LogP) is 4.23.